The Morgan fingerprint density at radius 3 is 2.44 bits per heavy atom. The molecule has 1 amide bonds. The zero-order valence-corrected chi connectivity index (χ0v) is 15.3. The number of nitriles is 1. The summed E-state index contributed by atoms with van der Waals surface area (Å²) in [6.07, 6.45) is 1.55. The molecule has 0 aliphatic carbocycles. The number of anilines is 1. The molecular weight excluding hydrogens is 314 g/mol. The highest BCUT2D eigenvalue weighted by Gasteiger charge is 2.08. The Hall–Kier alpha value is -3.07. The number of aryl methyl sites for hydroxylation is 3. The molecule has 0 radical (unpaired) electrons. The third-order valence-electron chi connectivity index (χ3n) is 4.18. The van der Waals surface area contributed by atoms with E-state index in [-0.39, 0.29) is 12.5 Å². The fraction of sp³-hybridized carbons (Fsp3) is 0.316. The molecule has 0 unspecified atom stereocenters. The van der Waals surface area contributed by atoms with Gasteiger partial charge in [0.15, 0.2) is 0 Å². The van der Waals surface area contributed by atoms with Gasteiger partial charge in [-0.05, 0) is 44.9 Å². The number of amides is 1. The van der Waals surface area contributed by atoms with Gasteiger partial charge in [-0.2, -0.15) is 10.4 Å². The summed E-state index contributed by atoms with van der Waals surface area (Å²) >= 11 is 0. The smallest absolute Gasteiger partial charge is 0.259 e. The summed E-state index contributed by atoms with van der Waals surface area (Å²) < 4.78 is 1.79. The summed E-state index contributed by atoms with van der Waals surface area (Å²) in [5.74, 6) is -0.232. The molecule has 0 fully saturated rings. The number of hydrogen-bond donors (Lipinski definition) is 2. The van der Waals surface area contributed by atoms with Gasteiger partial charge in [0.05, 0.1) is 12.8 Å². The maximum Gasteiger partial charge on any atom is 0.259 e. The lowest BCUT2D eigenvalue weighted by atomic mass is 10.1. The van der Waals surface area contributed by atoms with Crippen molar-refractivity contribution in [3.05, 3.63) is 51.8 Å². The first-order valence-electron chi connectivity index (χ1n) is 8.03. The fourth-order valence-corrected chi connectivity index (χ4v) is 2.80. The van der Waals surface area contributed by atoms with Crippen LogP contribution >= 0.6 is 0 Å². The van der Waals surface area contributed by atoms with Gasteiger partial charge in [0, 0.05) is 24.0 Å². The number of nitrogens with zero attached hydrogens (tertiary/aromatic N) is 3. The number of hydrazone groups is 1. The van der Waals surface area contributed by atoms with Crippen LogP contribution in [0.15, 0.2) is 23.3 Å². The molecule has 2 aromatic rings. The Morgan fingerprint density at radius 2 is 1.88 bits per heavy atom. The van der Waals surface area contributed by atoms with Crippen LogP contribution in [0.4, 0.5) is 5.69 Å². The largest absolute Gasteiger partial charge is 0.376 e. The predicted molar refractivity (Wildman–Crippen MR) is 99.7 cm³/mol. The summed E-state index contributed by atoms with van der Waals surface area (Å²) in [5.41, 5.74) is 9.16. The van der Waals surface area contributed by atoms with Crippen LogP contribution in [0.3, 0.4) is 0 Å². The van der Waals surface area contributed by atoms with Gasteiger partial charge in [-0.25, -0.2) is 5.43 Å². The van der Waals surface area contributed by atoms with Crippen molar-refractivity contribution in [1.29, 1.82) is 5.26 Å². The molecule has 0 spiro atoms. The molecule has 2 N–H and O–H groups in total. The Bertz CT molecular complexity index is 848. The average Bonchev–Trinajstić information content (AvgIpc) is 2.81. The van der Waals surface area contributed by atoms with Gasteiger partial charge in [-0.1, -0.05) is 17.7 Å². The van der Waals surface area contributed by atoms with Crippen LogP contribution in [0.1, 0.15) is 33.6 Å². The van der Waals surface area contributed by atoms with Crippen LogP contribution in [0, 0.1) is 39.0 Å². The molecular formula is C19H23N5O. The molecule has 0 saturated carbocycles. The number of carbonyl (C=O) groups is 1. The Labute approximate surface area is 148 Å². The van der Waals surface area contributed by atoms with Gasteiger partial charge in [-0.15, -0.1) is 0 Å². The molecule has 1 heterocycles. The Kier molecular flexibility index (Phi) is 5.60. The van der Waals surface area contributed by atoms with Crippen molar-refractivity contribution in [1.82, 2.24) is 9.99 Å². The van der Waals surface area contributed by atoms with Crippen LogP contribution in [-0.2, 0) is 11.8 Å². The maximum absolute atomic E-state index is 12.0. The molecule has 25 heavy (non-hydrogen) atoms. The highest BCUT2D eigenvalue weighted by atomic mass is 16.2. The van der Waals surface area contributed by atoms with Crippen molar-refractivity contribution in [2.45, 2.75) is 27.7 Å². The van der Waals surface area contributed by atoms with Gasteiger partial charge in [0.25, 0.3) is 5.91 Å². The van der Waals surface area contributed by atoms with Gasteiger partial charge in [0.2, 0.25) is 0 Å². The summed E-state index contributed by atoms with van der Waals surface area (Å²) in [7, 11) is 1.82. The predicted octanol–water partition coefficient (Wildman–Crippen LogP) is 2.69. The number of rotatable bonds is 5. The van der Waals surface area contributed by atoms with Gasteiger partial charge >= 0.3 is 0 Å². The van der Waals surface area contributed by atoms with E-state index in [1.165, 1.54) is 5.56 Å². The van der Waals surface area contributed by atoms with E-state index in [0.29, 0.717) is 5.69 Å². The minimum atomic E-state index is -0.232. The zero-order chi connectivity index (χ0) is 18.6. The van der Waals surface area contributed by atoms with Crippen LogP contribution in [-0.4, -0.2) is 23.2 Å². The SMILES string of the molecule is Cc1cc(C)c(NCC(=O)N/N=C\c2cc(C#N)n(C)c2C)c(C)c1. The third-order valence-corrected chi connectivity index (χ3v) is 4.18. The van der Waals surface area contributed by atoms with Crippen LogP contribution in [0.2, 0.25) is 0 Å². The molecule has 0 atom stereocenters. The number of hydrogen-bond acceptors (Lipinski definition) is 4. The highest BCUT2D eigenvalue weighted by Crippen LogP contribution is 2.21. The summed E-state index contributed by atoms with van der Waals surface area (Å²) in [5, 5.41) is 16.1. The van der Waals surface area contributed by atoms with E-state index in [2.05, 4.69) is 41.0 Å². The Morgan fingerprint density at radius 1 is 1.24 bits per heavy atom. The standard InChI is InChI=1S/C19H23N5O/c1-12-6-13(2)19(14(3)7-12)21-11-18(25)23-22-10-16-8-17(9-20)24(5)15(16)4/h6-8,10,21H,11H2,1-5H3,(H,23,25)/b22-10-. The van der Waals surface area contributed by atoms with E-state index in [1.807, 2.05) is 27.8 Å². The molecule has 6 heteroatoms. The quantitative estimate of drug-likeness (QED) is 0.650. The Balaban J connectivity index is 1.95. The van der Waals surface area contributed by atoms with Crippen LogP contribution in [0.5, 0.6) is 0 Å². The molecule has 0 aliphatic rings. The summed E-state index contributed by atoms with van der Waals surface area (Å²) in [4.78, 5) is 12.0. The number of benzene rings is 1. The molecule has 0 bridgehead atoms. The van der Waals surface area contributed by atoms with Crippen molar-refractivity contribution in [2.75, 3.05) is 11.9 Å². The van der Waals surface area contributed by atoms with E-state index < -0.39 is 0 Å². The zero-order valence-electron chi connectivity index (χ0n) is 15.3. The first kappa shape index (κ1) is 18.3. The van der Waals surface area contributed by atoms with Crippen molar-refractivity contribution in [2.24, 2.45) is 12.1 Å². The topological polar surface area (TPSA) is 82.2 Å². The number of aromatic nitrogens is 1. The molecule has 130 valence electrons. The van der Waals surface area contributed by atoms with E-state index in [1.54, 1.807) is 16.8 Å². The normalized spacial score (nSPS) is 10.7. The molecule has 6 nitrogen and oxygen atoms in total. The second-order valence-electron chi connectivity index (χ2n) is 6.16. The van der Waals surface area contributed by atoms with Crippen molar-refractivity contribution < 1.29 is 4.79 Å². The second kappa shape index (κ2) is 7.67. The molecule has 1 aromatic carbocycles. The average molecular weight is 337 g/mol. The van der Waals surface area contributed by atoms with Gasteiger partial charge in [-0.3, -0.25) is 4.79 Å². The molecule has 0 saturated heterocycles. The van der Waals surface area contributed by atoms with Crippen molar-refractivity contribution in [3.63, 3.8) is 0 Å². The summed E-state index contributed by atoms with van der Waals surface area (Å²) in [6.45, 7) is 8.12. The van der Waals surface area contributed by atoms with Crippen LogP contribution < -0.4 is 10.7 Å². The third kappa shape index (κ3) is 4.27. The minimum Gasteiger partial charge on any atom is -0.376 e. The summed E-state index contributed by atoms with van der Waals surface area (Å²) in [6, 6.07) is 8.01. The van der Waals surface area contributed by atoms with Crippen molar-refractivity contribution in [3.8, 4) is 6.07 Å². The maximum atomic E-state index is 12.0. The molecule has 2 rings (SSSR count). The minimum absolute atomic E-state index is 0.138. The van der Waals surface area contributed by atoms with E-state index in [4.69, 9.17) is 5.26 Å². The monoisotopic (exact) mass is 337 g/mol. The van der Waals surface area contributed by atoms with Gasteiger partial charge in [0.1, 0.15) is 11.8 Å². The van der Waals surface area contributed by atoms with E-state index in [9.17, 15) is 4.79 Å². The lowest BCUT2D eigenvalue weighted by molar-refractivity contribution is -0.119. The molecule has 1 aromatic heterocycles. The second-order valence-corrected chi connectivity index (χ2v) is 6.16. The first-order valence-corrected chi connectivity index (χ1v) is 8.03. The number of carbonyl (C=O) groups excluding carboxylic acids is 1. The van der Waals surface area contributed by atoms with Crippen molar-refractivity contribution >= 4 is 17.8 Å². The van der Waals surface area contributed by atoms with E-state index in [0.717, 1.165) is 28.1 Å². The van der Waals surface area contributed by atoms with Crippen LogP contribution in [0.25, 0.3) is 0 Å². The fourth-order valence-electron chi connectivity index (χ4n) is 2.80. The lowest BCUT2D eigenvalue weighted by Crippen LogP contribution is -2.26. The van der Waals surface area contributed by atoms with Gasteiger partial charge < -0.3 is 9.88 Å². The molecule has 0 aliphatic heterocycles. The highest BCUT2D eigenvalue weighted by molar-refractivity contribution is 5.85. The number of nitrogens with one attached hydrogen (secondary N) is 2. The van der Waals surface area contributed by atoms with E-state index >= 15 is 0 Å². The lowest BCUT2D eigenvalue weighted by Gasteiger charge is -2.13. The first-order chi connectivity index (χ1) is 11.8.